The molecular formula is C14H21BrN2OS. The zero-order chi connectivity index (χ0) is 14.3. The van der Waals surface area contributed by atoms with E-state index in [1.54, 1.807) is 16.7 Å². The molecule has 1 aromatic carbocycles. The number of nitrogens with zero attached hydrogens (tertiary/aromatic N) is 1. The number of thioether (sulfide) groups is 1. The van der Waals surface area contributed by atoms with Gasteiger partial charge in [-0.05, 0) is 29.8 Å². The highest BCUT2D eigenvalue weighted by Crippen LogP contribution is 2.18. The minimum absolute atomic E-state index is 0.157. The Hall–Kier alpha value is -0.520. The highest BCUT2D eigenvalue weighted by atomic mass is 79.9. The summed E-state index contributed by atoms with van der Waals surface area (Å²) in [5.74, 6) is 2.08. The van der Waals surface area contributed by atoms with Crippen molar-refractivity contribution in [2.45, 2.75) is 13.5 Å². The maximum Gasteiger partial charge on any atom is 0.232 e. The van der Waals surface area contributed by atoms with Crippen molar-refractivity contribution in [3.8, 4) is 0 Å². The third-order valence-electron chi connectivity index (χ3n) is 2.82. The predicted molar refractivity (Wildman–Crippen MR) is 86.2 cm³/mol. The first-order valence-corrected chi connectivity index (χ1v) is 8.24. The molecule has 3 nitrogen and oxygen atoms in total. The molecule has 1 amide bonds. The molecule has 5 heteroatoms. The maximum atomic E-state index is 12.0. The number of benzene rings is 1. The minimum atomic E-state index is 0.157. The minimum Gasteiger partial charge on any atom is -0.341 e. The lowest BCUT2D eigenvalue weighted by atomic mass is 10.2. The average molecular weight is 345 g/mol. The maximum absolute atomic E-state index is 12.0. The van der Waals surface area contributed by atoms with Gasteiger partial charge in [0.05, 0.1) is 5.75 Å². The van der Waals surface area contributed by atoms with Crippen LogP contribution in [0.4, 0.5) is 0 Å². The van der Waals surface area contributed by atoms with Gasteiger partial charge in [0.1, 0.15) is 0 Å². The first kappa shape index (κ1) is 16.5. The molecule has 0 saturated heterocycles. The molecule has 1 aromatic rings. The van der Waals surface area contributed by atoms with Crippen LogP contribution in [0.25, 0.3) is 0 Å². The summed E-state index contributed by atoms with van der Waals surface area (Å²) in [6.07, 6.45) is 0. The van der Waals surface area contributed by atoms with Gasteiger partial charge >= 0.3 is 0 Å². The average Bonchev–Trinajstić information content (AvgIpc) is 2.40. The Labute approximate surface area is 128 Å². The predicted octanol–water partition coefficient (Wildman–Crippen LogP) is 2.74. The van der Waals surface area contributed by atoms with Gasteiger partial charge in [0.25, 0.3) is 0 Å². The number of halogens is 1. The van der Waals surface area contributed by atoms with Crippen molar-refractivity contribution in [3.63, 3.8) is 0 Å². The van der Waals surface area contributed by atoms with Crippen LogP contribution >= 0.6 is 27.7 Å². The van der Waals surface area contributed by atoms with Crippen LogP contribution in [0.1, 0.15) is 12.5 Å². The van der Waals surface area contributed by atoms with Crippen LogP contribution in [0.15, 0.2) is 28.7 Å². The van der Waals surface area contributed by atoms with Crippen molar-refractivity contribution in [2.24, 2.45) is 11.7 Å². The monoisotopic (exact) mass is 344 g/mol. The summed E-state index contributed by atoms with van der Waals surface area (Å²) in [6.45, 7) is 3.41. The van der Waals surface area contributed by atoms with E-state index >= 15 is 0 Å². The van der Waals surface area contributed by atoms with Crippen LogP contribution in [-0.2, 0) is 11.3 Å². The Morgan fingerprint density at radius 3 is 2.79 bits per heavy atom. The van der Waals surface area contributed by atoms with Crippen molar-refractivity contribution in [2.75, 3.05) is 25.1 Å². The summed E-state index contributed by atoms with van der Waals surface area (Å²) >= 11 is 5.15. The third-order valence-corrected chi connectivity index (χ3v) is 4.85. The molecular weight excluding hydrogens is 324 g/mol. The summed E-state index contributed by atoms with van der Waals surface area (Å²) < 4.78 is 1.04. The summed E-state index contributed by atoms with van der Waals surface area (Å²) in [6, 6.07) is 7.97. The molecule has 0 bridgehead atoms. The molecule has 0 aliphatic heterocycles. The van der Waals surface area contributed by atoms with Crippen LogP contribution in [0.3, 0.4) is 0 Å². The number of hydrogen-bond acceptors (Lipinski definition) is 3. The quantitative estimate of drug-likeness (QED) is 0.827. The molecule has 19 heavy (non-hydrogen) atoms. The second kappa shape index (κ2) is 8.61. The smallest absolute Gasteiger partial charge is 0.232 e. The van der Waals surface area contributed by atoms with Crippen molar-refractivity contribution < 1.29 is 4.79 Å². The Morgan fingerprint density at radius 2 is 2.16 bits per heavy atom. The van der Waals surface area contributed by atoms with Gasteiger partial charge in [-0.2, -0.15) is 11.8 Å². The molecule has 0 heterocycles. The Kier molecular flexibility index (Phi) is 7.49. The van der Waals surface area contributed by atoms with Crippen LogP contribution in [-0.4, -0.2) is 35.9 Å². The summed E-state index contributed by atoms with van der Waals surface area (Å²) in [5, 5.41) is 0. The Morgan fingerprint density at radius 1 is 1.47 bits per heavy atom. The highest BCUT2D eigenvalue weighted by Gasteiger charge is 2.11. The van der Waals surface area contributed by atoms with Gasteiger partial charge in [-0.1, -0.05) is 41.1 Å². The third kappa shape index (κ3) is 5.97. The first-order chi connectivity index (χ1) is 9.04. The number of carbonyl (C=O) groups excluding carboxylic acids is 1. The molecule has 0 radical (unpaired) electrons. The molecule has 1 unspecified atom stereocenters. The molecule has 2 N–H and O–H groups in total. The molecule has 0 aromatic heterocycles. The van der Waals surface area contributed by atoms with Crippen LogP contribution < -0.4 is 5.73 Å². The zero-order valence-electron chi connectivity index (χ0n) is 11.4. The molecule has 0 aliphatic rings. The molecule has 0 spiro atoms. The molecule has 0 fully saturated rings. The normalized spacial score (nSPS) is 12.2. The van der Waals surface area contributed by atoms with Crippen LogP contribution in [0.5, 0.6) is 0 Å². The number of rotatable bonds is 7. The number of hydrogen-bond donors (Lipinski definition) is 1. The summed E-state index contributed by atoms with van der Waals surface area (Å²) in [5.41, 5.74) is 6.68. The van der Waals surface area contributed by atoms with Crippen molar-refractivity contribution in [3.05, 3.63) is 34.3 Å². The van der Waals surface area contributed by atoms with Gasteiger partial charge in [-0.3, -0.25) is 4.79 Å². The van der Waals surface area contributed by atoms with E-state index < -0.39 is 0 Å². The highest BCUT2D eigenvalue weighted by molar-refractivity contribution is 9.10. The van der Waals surface area contributed by atoms with Gasteiger partial charge in [0.15, 0.2) is 0 Å². The fraction of sp³-hybridized carbons (Fsp3) is 0.500. The first-order valence-electron chi connectivity index (χ1n) is 6.29. The van der Waals surface area contributed by atoms with Crippen LogP contribution in [0.2, 0.25) is 0 Å². The second-order valence-electron chi connectivity index (χ2n) is 4.70. The van der Waals surface area contributed by atoms with Crippen molar-refractivity contribution >= 4 is 33.6 Å². The standard InChI is InChI=1S/C14H21BrN2OS/c1-11(7-16)9-19-10-14(18)17(2)8-12-5-3-4-6-13(12)15/h3-6,11H,7-10,16H2,1-2H3. The zero-order valence-corrected chi connectivity index (χ0v) is 13.8. The van der Waals surface area contributed by atoms with E-state index in [9.17, 15) is 4.79 Å². The van der Waals surface area contributed by atoms with Crippen LogP contribution in [0, 0.1) is 5.92 Å². The van der Waals surface area contributed by atoms with E-state index in [1.165, 1.54) is 0 Å². The Balaban J connectivity index is 2.39. The number of carbonyl (C=O) groups is 1. The van der Waals surface area contributed by atoms with Crippen molar-refractivity contribution in [1.29, 1.82) is 0 Å². The summed E-state index contributed by atoms with van der Waals surface area (Å²) in [4.78, 5) is 13.8. The van der Waals surface area contributed by atoms with Gasteiger partial charge in [0.2, 0.25) is 5.91 Å². The lowest BCUT2D eigenvalue weighted by Gasteiger charge is -2.18. The summed E-state index contributed by atoms with van der Waals surface area (Å²) in [7, 11) is 1.84. The fourth-order valence-electron chi connectivity index (χ4n) is 1.50. The van der Waals surface area contributed by atoms with Gasteiger partial charge in [-0.25, -0.2) is 0 Å². The van der Waals surface area contributed by atoms with Gasteiger partial charge < -0.3 is 10.6 Å². The van der Waals surface area contributed by atoms with Crippen molar-refractivity contribution in [1.82, 2.24) is 4.90 Å². The molecule has 0 saturated carbocycles. The topological polar surface area (TPSA) is 46.3 Å². The molecule has 1 rings (SSSR count). The lowest BCUT2D eigenvalue weighted by molar-refractivity contribution is -0.127. The largest absolute Gasteiger partial charge is 0.341 e. The fourth-order valence-corrected chi connectivity index (χ4v) is 2.96. The van der Waals surface area contributed by atoms with E-state index in [2.05, 4.69) is 22.9 Å². The molecule has 106 valence electrons. The molecule has 0 aliphatic carbocycles. The van der Waals surface area contributed by atoms with E-state index in [0.29, 0.717) is 24.8 Å². The van der Waals surface area contributed by atoms with E-state index in [-0.39, 0.29) is 5.91 Å². The Bertz CT molecular complexity index is 414. The lowest BCUT2D eigenvalue weighted by Crippen LogP contribution is -2.28. The van der Waals surface area contributed by atoms with Gasteiger partial charge in [0, 0.05) is 18.1 Å². The number of amides is 1. The van der Waals surface area contributed by atoms with E-state index in [4.69, 9.17) is 5.73 Å². The SMILES string of the molecule is CC(CN)CSCC(=O)N(C)Cc1ccccc1Br. The molecule has 1 atom stereocenters. The van der Waals surface area contributed by atoms with E-state index in [0.717, 1.165) is 15.8 Å². The second-order valence-corrected chi connectivity index (χ2v) is 6.58. The van der Waals surface area contributed by atoms with E-state index in [1.807, 2.05) is 31.3 Å². The van der Waals surface area contributed by atoms with Gasteiger partial charge in [-0.15, -0.1) is 0 Å². The number of nitrogens with two attached hydrogens (primary N) is 1.